The first-order chi connectivity index (χ1) is 14.9. The van der Waals surface area contributed by atoms with Gasteiger partial charge >= 0.3 is 5.97 Å². The molecule has 4 rings (SSSR count). The maximum absolute atomic E-state index is 12.9. The van der Waals surface area contributed by atoms with Gasteiger partial charge in [-0.2, -0.15) is 0 Å². The van der Waals surface area contributed by atoms with Crippen LogP contribution in [-0.2, 0) is 14.3 Å². The lowest BCUT2D eigenvalue weighted by molar-refractivity contribution is -0.146. The lowest BCUT2D eigenvalue weighted by Gasteiger charge is -2.35. The van der Waals surface area contributed by atoms with Crippen molar-refractivity contribution in [3.8, 4) is 11.3 Å². The van der Waals surface area contributed by atoms with E-state index in [1.807, 2.05) is 50.2 Å². The maximum atomic E-state index is 12.9. The molecule has 0 radical (unpaired) electrons. The fourth-order valence-corrected chi connectivity index (χ4v) is 3.92. The Morgan fingerprint density at radius 2 is 1.77 bits per heavy atom. The third-order valence-electron chi connectivity index (χ3n) is 5.18. The van der Waals surface area contributed by atoms with Gasteiger partial charge in [-0.3, -0.25) is 4.79 Å². The number of halogens is 1. The minimum atomic E-state index is -0.559. The van der Waals surface area contributed by atoms with Crippen LogP contribution in [0.4, 0.5) is 0 Å². The number of esters is 1. The fourth-order valence-electron chi connectivity index (χ4n) is 3.79. The molecule has 1 fully saturated rings. The lowest BCUT2D eigenvalue weighted by Crippen LogP contribution is -2.49. The van der Waals surface area contributed by atoms with Crippen LogP contribution in [0.25, 0.3) is 22.2 Å². The van der Waals surface area contributed by atoms with Gasteiger partial charge in [-0.05, 0) is 38.1 Å². The number of amides is 1. The van der Waals surface area contributed by atoms with Gasteiger partial charge in [0.05, 0.1) is 29.0 Å². The van der Waals surface area contributed by atoms with Gasteiger partial charge in [-0.1, -0.05) is 41.9 Å². The van der Waals surface area contributed by atoms with E-state index in [1.165, 1.54) is 0 Å². The maximum Gasteiger partial charge on any atom is 0.339 e. The molecule has 2 heterocycles. The first kappa shape index (κ1) is 21.3. The summed E-state index contributed by atoms with van der Waals surface area (Å²) in [6.45, 7) is 4.50. The second-order valence-electron chi connectivity index (χ2n) is 7.71. The number of carbonyl (C=O) groups excluding carboxylic acids is 2. The molecule has 0 N–H and O–H groups in total. The first-order valence-electron chi connectivity index (χ1n) is 10.2. The topological polar surface area (TPSA) is 68.7 Å². The third kappa shape index (κ3) is 4.86. The Morgan fingerprint density at radius 3 is 2.48 bits per heavy atom. The van der Waals surface area contributed by atoms with Crippen molar-refractivity contribution in [1.82, 2.24) is 9.88 Å². The van der Waals surface area contributed by atoms with Crippen LogP contribution in [0.1, 0.15) is 24.2 Å². The minimum absolute atomic E-state index is 0.0468. The summed E-state index contributed by atoms with van der Waals surface area (Å²) in [7, 11) is 0. The van der Waals surface area contributed by atoms with E-state index in [-0.39, 0.29) is 24.7 Å². The monoisotopic (exact) mass is 438 g/mol. The average Bonchev–Trinajstić information content (AvgIpc) is 2.76. The van der Waals surface area contributed by atoms with Crippen LogP contribution in [0.3, 0.4) is 0 Å². The Labute approximate surface area is 185 Å². The molecule has 1 aromatic heterocycles. The Kier molecular flexibility index (Phi) is 6.20. The smallest absolute Gasteiger partial charge is 0.339 e. The number of ether oxygens (including phenoxy) is 2. The first-order valence-corrected chi connectivity index (χ1v) is 10.5. The molecular weight excluding hydrogens is 416 g/mol. The Hall–Kier alpha value is -2.96. The third-order valence-corrected chi connectivity index (χ3v) is 5.43. The fraction of sp³-hybridized carbons (Fsp3) is 0.292. The number of rotatable bonds is 4. The molecule has 0 bridgehead atoms. The predicted octanol–water partition coefficient (Wildman–Crippen LogP) is 4.35. The summed E-state index contributed by atoms with van der Waals surface area (Å²) in [5.41, 5.74) is 2.50. The molecule has 0 saturated carbocycles. The summed E-state index contributed by atoms with van der Waals surface area (Å²) in [6.07, 6.45) is -0.0936. The highest BCUT2D eigenvalue weighted by atomic mass is 35.5. The number of pyridine rings is 1. The minimum Gasteiger partial charge on any atom is -0.452 e. The zero-order valence-corrected chi connectivity index (χ0v) is 18.1. The molecule has 2 unspecified atom stereocenters. The molecular formula is C24H23ClN2O4. The molecule has 31 heavy (non-hydrogen) atoms. The van der Waals surface area contributed by atoms with Gasteiger partial charge in [-0.15, -0.1) is 0 Å². The van der Waals surface area contributed by atoms with Crippen molar-refractivity contribution >= 4 is 34.4 Å². The van der Waals surface area contributed by atoms with Gasteiger partial charge in [-0.25, -0.2) is 9.78 Å². The van der Waals surface area contributed by atoms with Crippen molar-refractivity contribution in [2.75, 3.05) is 19.7 Å². The average molecular weight is 439 g/mol. The zero-order chi connectivity index (χ0) is 22.0. The van der Waals surface area contributed by atoms with Crippen LogP contribution < -0.4 is 0 Å². The number of aromatic nitrogens is 1. The largest absolute Gasteiger partial charge is 0.452 e. The number of hydrogen-bond donors (Lipinski definition) is 0. The quantitative estimate of drug-likeness (QED) is 0.566. The van der Waals surface area contributed by atoms with E-state index >= 15 is 0 Å². The number of morpholine rings is 1. The van der Waals surface area contributed by atoms with Crippen LogP contribution in [-0.4, -0.2) is 53.7 Å². The van der Waals surface area contributed by atoms with Crippen molar-refractivity contribution in [3.63, 3.8) is 0 Å². The zero-order valence-electron chi connectivity index (χ0n) is 17.4. The van der Waals surface area contributed by atoms with E-state index in [1.54, 1.807) is 23.1 Å². The Balaban J connectivity index is 1.57. The normalized spacial score (nSPS) is 18.7. The van der Waals surface area contributed by atoms with Crippen LogP contribution >= 0.6 is 11.6 Å². The van der Waals surface area contributed by atoms with E-state index < -0.39 is 5.97 Å². The van der Waals surface area contributed by atoms with Crippen molar-refractivity contribution in [2.24, 2.45) is 0 Å². The molecule has 2 atom stereocenters. The molecule has 3 aromatic rings. The van der Waals surface area contributed by atoms with Gasteiger partial charge in [0, 0.05) is 29.1 Å². The SMILES string of the molecule is CC1CN(C(=O)COC(=O)c2cc(-c3ccc(Cl)cc3)nc3ccccc23)CC(C)O1. The van der Waals surface area contributed by atoms with Crippen molar-refractivity contribution in [1.29, 1.82) is 0 Å². The molecule has 0 aliphatic carbocycles. The van der Waals surface area contributed by atoms with Crippen LogP contribution in [0.15, 0.2) is 54.6 Å². The highest BCUT2D eigenvalue weighted by Crippen LogP contribution is 2.26. The predicted molar refractivity (Wildman–Crippen MR) is 119 cm³/mol. The molecule has 1 aliphatic heterocycles. The van der Waals surface area contributed by atoms with Crippen molar-refractivity contribution in [3.05, 3.63) is 65.2 Å². The standard InChI is InChI=1S/C24H23ClN2O4/c1-15-12-27(13-16(2)31-15)23(28)14-30-24(29)20-11-22(17-7-9-18(25)10-8-17)26-21-6-4-3-5-19(20)21/h3-11,15-16H,12-14H2,1-2H3. The van der Waals surface area contributed by atoms with E-state index in [0.717, 1.165) is 5.56 Å². The molecule has 7 heteroatoms. The second kappa shape index (κ2) is 9.04. The van der Waals surface area contributed by atoms with Gasteiger partial charge in [0.1, 0.15) is 0 Å². The van der Waals surface area contributed by atoms with E-state index in [2.05, 4.69) is 4.98 Å². The summed E-state index contributed by atoms with van der Waals surface area (Å²) in [5.74, 6) is -0.789. The summed E-state index contributed by atoms with van der Waals surface area (Å²) in [6, 6.07) is 16.3. The van der Waals surface area contributed by atoms with E-state index in [4.69, 9.17) is 21.1 Å². The molecule has 0 spiro atoms. The molecule has 1 amide bonds. The van der Waals surface area contributed by atoms with Gasteiger partial charge < -0.3 is 14.4 Å². The van der Waals surface area contributed by atoms with E-state index in [0.29, 0.717) is 40.3 Å². The summed E-state index contributed by atoms with van der Waals surface area (Å²) >= 11 is 5.99. The van der Waals surface area contributed by atoms with Gasteiger partial charge in [0.15, 0.2) is 6.61 Å². The number of nitrogens with zero attached hydrogens (tertiary/aromatic N) is 2. The van der Waals surface area contributed by atoms with Crippen molar-refractivity contribution < 1.29 is 19.1 Å². The Bertz CT molecular complexity index is 1110. The van der Waals surface area contributed by atoms with E-state index in [9.17, 15) is 9.59 Å². The molecule has 1 saturated heterocycles. The Morgan fingerprint density at radius 1 is 1.10 bits per heavy atom. The second-order valence-corrected chi connectivity index (χ2v) is 8.15. The van der Waals surface area contributed by atoms with Crippen LogP contribution in [0.2, 0.25) is 5.02 Å². The molecule has 160 valence electrons. The molecule has 1 aliphatic rings. The number of para-hydroxylation sites is 1. The summed E-state index contributed by atoms with van der Waals surface area (Å²) < 4.78 is 11.1. The molecule has 6 nitrogen and oxygen atoms in total. The summed E-state index contributed by atoms with van der Waals surface area (Å²) in [5, 5.41) is 1.29. The number of fused-ring (bicyclic) bond motifs is 1. The van der Waals surface area contributed by atoms with Gasteiger partial charge in [0.2, 0.25) is 0 Å². The van der Waals surface area contributed by atoms with Gasteiger partial charge in [0.25, 0.3) is 5.91 Å². The van der Waals surface area contributed by atoms with Crippen molar-refractivity contribution in [2.45, 2.75) is 26.1 Å². The highest BCUT2D eigenvalue weighted by Gasteiger charge is 2.27. The number of hydrogen-bond acceptors (Lipinski definition) is 5. The summed E-state index contributed by atoms with van der Waals surface area (Å²) in [4.78, 5) is 31.9. The molecule has 2 aromatic carbocycles. The number of benzene rings is 2. The van der Waals surface area contributed by atoms with Crippen LogP contribution in [0, 0.1) is 0 Å². The number of carbonyl (C=O) groups is 2. The highest BCUT2D eigenvalue weighted by molar-refractivity contribution is 6.30. The lowest BCUT2D eigenvalue weighted by atomic mass is 10.0. The van der Waals surface area contributed by atoms with Crippen LogP contribution in [0.5, 0.6) is 0 Å².